The van der Waals surface area contributed by atoms with E-state index in [0.29, 0.717) is 6.61 Å². The van der Waals surface area contributed by atoms with E-state index in [1.54, 1.807) is 6.92 Å². The Morgan fingerprint density at radius 2 is 1.73 bits per heavy atom. The van der Waals surface area contributed by atoms with E-state index >= 15 is 0 Å². The Morgan fingerprint density at radius 1 is 1.04 bits per heavy atom. The third kappa shape index (κ3) is 4.17. The predicted octanol–water partition coefficient (Wildman–Crippen LogP) is 2.96. The average Bonchev–Trinajstić information content (AvgIpc) is 2.69. The number of ether oxygens (including phenoxy) is 3. The van der Waals surface area contributed by atoms with Crippen LogP contribution in [0.15, 0.2) is 0 Å². The molecule has 2 bridgehead atoms. The lowest BCUT2D eigenvalue weighted by atomic mass is 9.52. The number of rotatable bonds is 8. The van der Waals surface area contributed by atoms with Gasteiger partial charge in [-0.3, -0.25) is 9.59 Å². The maximum absolute atomic E-state index is 12.7. The second-order valence-electron chi connectivity index (χ2n) is 8.13. The van der Waals surface area contributed by atoms with Crippen molar-refractivity contribution in [2.45, 2.75) is 77.4 Å². The zero-order valence-corrected chi connectivity index (χ0v) is 15.7. The van der Waals surface area contributed by atoms with E-state index in [1.807, 2.05) is 0 Å². The van der Waals surface area contributed by atoms with Gasteiger partial charge in [-0.05, 0) is 70.1 Å². The van der Waals surface area contributed by atoms with Gasteiger partial charge in [0.1, 0.15) is 5.78 Å². The molecule has 6 heteroatoms. The zero-order chi connectivity index (χ0) is 18.6. The number of carbonyl (C=O) groups is 3. The summed E-state index contributed by atoms with van der Waals surface area (Å²) in [5.74, 6) is -1.69. The lowest BCUT2D eigenvalue weighted by Crippen LogP contribution is -2.48. The van der Waals surface area contributed by atoms with Crippen molar-refractivity contribution < 1.29 is 28.6 Å². The number of ketones is 2. The minimum atomic E-state index is -0.890. The van der Waals surface area contributed by atoms with Crippen molar-refractivity contribution in [1.29, 1.82) is 0 Å². The molecule has 0 spiro atoms. The highest BCUT2D eigenvalue weighted by Crippen LogP contribution is 2.57. The summed E-state index contributed by atoms with van der Waals surface area (Å²) in [6.45, 7) is 3.28. The fourth-order valence-electron chi connectivity index (χ4n) is 4.63. The van der Waals surface area contributed by atoms with Gasteiger partial charge in [-0.15, -0.1) is 0 Å². The quantitative estimate of drug-likeness (QED) is 0.373. The molecule has 3 aliphatic carbocycles. The molecule has 0 aromatic carbocycles. The standard InChI is InChI=1S/C20H30O6/c1-2-24-18(23)15(21)13-16(22)20-9-6-19(7-10-20,8-11-20)14-26-17-5-3-4-12-25-17/h17H,2-14H2,1H3. The van der Waals surface area contributed by atoms with Crippen molar-refractivity contribution in [3.8, 4) is 0 Å². The molecule has 1 aliphatic heterocycles. The van der Waals surface area contributed by atoms with Crippen LogP contribution in [0.4, 0.5) is 0 Å². The summed E-state index contributed by atoms with van der Waals surface area (Å²) >= 11 is 0. The molecule has 0 aromatic heterocycles. The van der Waals surface area contributed by atoms with Crippen LogP contribution in [0.1, 0.15) is 71.1 Å². The molecular weight excluding hydrogens is 336 g/mol. The highest BCUT2D eigenvalue weighted by molar-refractivity contribution is 6.37. The third-order valence-corrected chi connectivity index (χ3v) is 6.53. The van der Waals surface area contributed by atoms with Crippen LogP contribution >= 0.6 is 0 Å². The van der Waals surface area contributed by atoms with E-state index < -0.39 is 17.2 Å². The van der Waals surface area contributed by atoms with Gasteiger partial charge >= 0.3 is 5.97 Å². The van der Waals surface area contributed by atoms with Gasteiger partial charge in [0.15, 0.2) is 6.29 Å². The molecule has 0 N–H and O–H groups in total. The highest BCUT2D eigenvalue weighted by Gasteiger charge is 2.52. The van der Waals surface area contributed by atoms with E-state index in [2.05, 4.69) is 0 Å². The van der Waals surface area contributed by atoms with Crippen molar-refractivity contribution in [1.82, 2.24) is 0 Å². The van der Waals surface area contributed by atoms with Gasteiger partial charge in [-0.1, -0.05) is 0 Å². The van der Waals surface area contributed by atoms with Gasteiger partial charge in [0.05, 0.1) is 19.6 Å². The van der Waals surface area contributed by atoms with E-state index in [-0.39, 0.29) is 30.5 Å². The number of esters is 1. The molecule has 1 atom stereocenters. The first kappa shape index (κ1) is 19.5. The summed E-state index contributed by atoms with van der Waals surface area (Å²) in [4.78, 5) is 36.1. The molecule has 4 fully saturated rings. The molecule has 0 aromatic rings. The Hall–Kier alpha value is -1.27. The van der Waals surface area contributed by atoms with Crippen LogP contribution < -0.4 is 0 Å². The Kier molecular flexibility index (Phi) is 6.13. The van der Waals surface area contributed by atoms with E-state index in [4.69, 9.17) is 14.2 Å². The van der Waals surface area contributed by atoms with Gasteiger partial charge in [-0.25, -0.2) is 4.79 Å². The largest absolute Gasteiger partial charge is 0.460 e. The predicted molar refractivity (Wildman–Crippen MR) is 93.4 cm³/mol. The summed E-state index contributed by atoms with van der Waals surface area (Å²) in [6.07, 6.45) is 8.04. The van der Waals surface area contributed by atoms with Gasteiger partial charge in [-0.2, -0.15) is 0 Å². The van der Waals surface area contributed by atoms with Crippen molar-refractivity contribution in [3.05, 3.63) is 0 Å². The Morgan fingerprint density at radius 3 is 2.31 bits per heavy atom. The molecule has 26 heavy (non-hydrogen) atoms. The van der Waals surface area contributed by atoms with Gasteiger partial charge < -0.3 is 14.2 Å². The van der Waals surface area contributed by atoms with E-state index in [1.165, 1.54) is 0 Å². The van der Waals surface area contributed by atoms with Crippen LogP contribution in [0.25, 0.3) is 0 Å². The first-order valence-corrected chi connectivity index (χ1v) is 9.95. The smallest absolute Gasteiger partial charge is 0.375 e. The monoisotopic (exact) mass is 366 g/mol. The zero-order valence-electron chi connectivity index (χ0n) is 15.7. The van der Waals surface area contributed by atoms with Crippen molar-refractivity contribution in [3.63, 3.8) is 0 Å². The van der Waals surface area contributed by atoms with Crippen LogP contribution in [0.2, 0.25) is 0 Å². The molecule has 0 amide bonds. The highest BCUT2D eigenvalue weighted by atomic mass is 16.7. The molecule has 1 saturated heterocycles. The number of Topliss-reactive ketones (excluding diaryl/α,β-unsaturated/α-hetero) is 2. The SMILES string of the molecule is CCOC(=O)C(=O)CC(=O)C12CCC(COC3CCCCO3)(CC1)CC2. The third-order valence-electron chi connectivity index (χ3n) is 6.53. The first-order chi connectivity index (χ1) is 12.5. The Bertz CT molecular complexity index is 524. The molecular formula is C20H30O6. The van der Waals surface area contributed by atoms with Gasteiger partial charge in [0, 0.05) is 12.0 Å². The molecule has 4 aliphatic rings. The van der Waals surface area contributed by atoms with E-state index in [9.17, 15) is 14.4 Å². The molecule has 0 radical (unpaired) electrons. The van der Waals surface area contributed by atoms with Crippen molar-refractivity contribution >= 4 is 17.5 Å². The molecule has 1 heterocycles. The average molecular weight is 366 g/mol. The minimum Gasteiger partial charge on any atom is -0.460 e. The molecule has 1 unspecified atom stereocenters. The summed E-state index contributed by atoms with van der Waals surface area (Å²) in [6, 6.07) is 0. The summed E-state index contributed by atoms with van der Waals surface area (Å²) in [5, 5.41) is 0. The fourth-order valence-corrected chi connectivity index (χ4v) is 4.63. The van der Waals surface area contributed by atoms with Crippen molar-refractivity contribution in [2.24, 2.45) is 10.8 Å². The first-order valence-electron chi connectivity index (χ1n) is 9.95. The van der Waals surface area contributed by atoms with Crippen LogP contribution in [-0.4, -0.2) is 43.6 Å². The van der Waals surface area contributed by atoms with Crippen LogP contribution in [-0.2, 0) is 28.6 Å². The number of fused-ring (bicyclic) bond motifs is 3. The fraction of sp³-hybridized carbons (Fsp3) is 0.850. The maximum atomic E-state index is 12.7. The van der Waals surface area contributed by atoms with Crippen LogP contribution in [0.5, 0.6) is 0 Å². The summed E-state index contributed by atoms with van der Waals surface area (Å²) in [7, 11) is 0. The normalized spacial score (nSPS) is 33.7. The molecule has 3 saturated carbocycles. The van der Waals surface area contributed by atoms with Crippen molar-refractivity contribution in [2.75, 3.05) is 19.8 Å². The maximum Gasteiger partial charge on any atom is 0.375 e. The number of hydrogen-bond donors (Lipinski definition) is 0. The number of hydrogen-bond acceptors (Lipinski definition) is 6. The van der Waals surface area contributed by atoms with Crippen LogP contribution in [0, 0.1) is 10.8 Å². The minimum absolute atomic E-state index is 0.0735. The lowest BCUT2D eigenvalue weighted by Gasteiger charge is -2.52. The summed E-state index contributed by atoms with van der Waals surface area (Å²) < 4.78 is 16.4. The van der Waals surface area contributed by atoms with Gasteiger partial charge in [0.25, 0.3) is 0 Å². The van der Waals surface area contributed by atoms with Gasteiger partial charge in [0.2, 0.25) is 5.78 Å². The molecule has 146 valence electrons. The van der Waals surface area contributed by atoms with Crippen LogP contribution in [0.3, 0.4) is 0 Å². The second-order valence-corrected chi connectivity index (χ2v) is 8.13. The topological polar surface area (TPSA) is 78.9 Å². The molecule has 4 rings (SSSR count). The lowest BCUT2D eigenvalue weighted by molar-refractivity contribution is -0.192. The van der Waals surface area contributed by atoms with E-state index in [0.717, 1.165) is 64.4 Å². The number of carbonyl (C=O) groups excluding carboxylic acids is 3. The Balaban J connectivity index is 1.50. The summed E-state index contributed by atoms with van der Waals surface area (Å²) in [5.41, 5.74) is -0.279. The Labute approximate surface area is 154 Å². The second kappa shape index (κ2) is 8.17. The molecule has 6 nitrogen and oxygen atoms in total.